The van der Waals surface area contributed by atoms with E-state index in [0.717, 1.165) is 4.47 Å². The van der Waals surface area contributed by atoms with E-state index < -0.39 is 0 Å². The van der Waals surface area contributed by atoms with Gasteiger partial charge in [0.15, 0.2) is 0 Å². The van der Waals surface area contributed by atoms with Gasteiger partial charge in [-0.2, -0.15) is 0 Å². The molecule has 6 heteroatoms. The Labute approximate surface area is 101 Å². The van der Waals surface area contributed by atoms with Gasteiger partial charge in [-0.15, -0.1) is 0 Å². The van der Waals surface area contributed by atoms with Gasteiger partial charge in [0.05, 0.1) is 12.1 Å². The molecule has 0 saturated heterocycles. The molecule has 0 atom stereocenters. The van der Waals surface area contributed by atoms with Gasteiger partial charge in [0.2, 0.25) is 0 Å². The highest BCUT2D eigenvalue weighted by Gasteiger charge is 2.11. The number of anilines is 1. The van der Waals surface area contributed by atoms with Gasteiger partial charge < -0.3 is 0 Å². The van der Waals surface area contributed by atoms with E-state index in [1.807, 2.05) is 0 Å². The lowest BCUT2D eigenvalue weighted by molar-refractivity contribution is 0.111. The Bertz CT molecular complexity index is 373. The molecule has 0 radical (unpaired) electrons. The van der Waals surface area contributed by atoms with Crippen molar-refractivity contribution in [2.24, 2.45) is 0 Å². The van der Waals surface area contributed by atoms with Crippen LogP contribution in [0.3, 0.4) is 0 Å². The largest absolute Gasteiger partial charge is 0.345 e. The first-order valence-corrected chi connectivity index (χ1v) is 5.25. The highest BCUT2D eigenvalue weighted by atomic mass is 79.9. The monoisotopic (exact) mass is 292 g/mol. The Hall–Kier alpha value is -0.780. The Balaban J connectivity index is 2.86. The van der Waals surface area contributed by atoms with E-state index in [1.165, 1.54) is 12.0 Å². The minimum absolute atomic E-state index is 0.365. The van der Waals surface area contributed by atoms with Crippen LogP contribution in [0, 0.1) is 0 Å². The van der Waals surface area contributed by atoms with Crippen LogP contribution in [0.4, 0.5) is 10.5 Å². The summed E-state index contributed by atoms with van der Waals surface area (Å²) in [7, 11) is 2.99. The second kappa shape index (κ2) is 5.34. The number of carbonyl (C=O) groups excluding carboxylic acids is 1. The van der Waals surface area contributed by atoms with E-state index in [1.54, 1.807) is 25.2 Å². The Morgan fingerprint density at radius 2 is 2.27 bits per heavy atom. The third kappa shape index (κ3) is 3.09. The maximum absolute atomic E-state index is 11.4. The van der Waals surface area contributed by atoms with Gasteiger partial charge in [0.25, 0.3) is 0 Å². The molecule has 0 saturated carbocycles. The van der Waals surface area contributed by atoms with Gasteiger partial charge in [0, 0.05) is 17.2 Å². The molecule has 0 spiro atoms. The van der Waals surface area contributed by atoms with E-state index in [-0.39, 0.29) is 6.03 Å². The van der Waals surface area contributed by atoms with Crippen molar-refractivity contribution in [1.82, 2.24) is 5.48 Å². The number of hydrogen-bond acceptors (Lipinski definition) is 2. The first-order chi connectivity index (χ1) is 7.06. The van der Waals surface area contributed by atoms with Gasteiger partial charge in [0.1, 0.15) is 0 Å². The van der Waals surface area contributed by atoms with Crippen molar-refractivity contribution >= 4 is 39.2 Å². The molecule has 0 fully saturated rings. The highest BCUT2D eigenvalue weighted by molar-refractivity contribution is 9.10. The molecule has 1 rings (SSSR count). The maximum atomic E-state index is 11.4. The Morgan fingerprint density at radius 1 is 1.60 bits per heavy atom. The van der Waals surface area contributed by atoms with Gasteiger partial charge in [-0.1, -0.05) is 11.6 Å². The summed E-state index contributed by atoms with van der Waals surface area (Å²) in [6.07, 6.45) is 0. The summed E-state index contributed by atoms with van der Waals surface area (Å²) < 4.78 is 0.786. The highest BCUT2D eigenvalue weighted by Crippen LogP contribution is 2.26. The average Bonchev–Trinajstić information content (AvgIpc) is 2.21. The first kappa shape index (κ1) is 12.3. The molecular weight excluding hydrogens is 283 g/mol. The van der Waals surface area contributed by atoms with Crippen LogP contribution < -0.4 is 10.4 Å². The average molecular weight is 294 g/mol. The first-order valence-electron chi connectivity index (χ1n) is 4.08. The topological polar surface area (TPSA) is 41.6 Å². The van der Waals surface area contributed by atoms with E-state index in [2.05, 4.69) is 26.2 Å². The van der Waals surface area contributed by atoms with Crippen molar-refractivity contribution in [2.75, 3.05) is 19.1 Å². The lowest BCUT2D eigenvalue weighted by Crippen LogP contribution is -2.36. The van der Waals surface area contributed by atoms with Crippen molar-refractivity contribution in [3.63, 3.8) is 0 Å². The number of amides is 2. The number of nitrogens with one attached hydrogen (secondary N) is 1. The molecule has 15 heavy (non-hydrogen) atoms. The second-order valence-corrected chi connectivity index (χ2v) is 4.03. The van der Waals surface area contributed by atoms with E-state index in [0.29, 0.717) is 10.7 Å². The summed E-state index contributed by atoms with van der Waals surface area (Å²) >= 11 is 9.17. The van der Waals surface area contributed by atoms with Crippen LogP contribution in [0.15, 0.2) is 22.7 Å². The number of urea groups is 1. The number of carbonyl (C=O) groups is 1. The van der Waals surface area contributed by atoms with Crippen LogP contribution in [0.2, 0.25) is 5.02 Å². The number of nitrogens with zero attached hydrogens (tertiary/aromatic N) is 1. The van der Waals surface area contributed by atoms with Crippen molar-refractivity contribution < 1.29 is 9.63 Å². The third-order valence-electron chi connectivity index (χ3n) is 1.78. The quantitative estimate of drug-likeness (QED) is 0.852. The van der Waals surface area contributed by atoms with E-state index >= 15 is 0 Å². The molecule has 0 aliphatic carbocycles. The fourth-order valence-electron chi connectivity index (χ4n) is 0.967. The van der Waals surface area contributed by atoms with Gasteiger partial charge in [-0.05, 0) is 34.1 Å². The Morgan fingerprint density at radius 3 is 2.80 bits per heavy atom. The third-order valence-corrected chi connectivity index (χ3v) is 3.02. The van der Waals surface area contributed by atoms with Crippen LogP contribution in [-0.4, -0.2) is 20.2 Å². The van der Waals surface area contributed by atoms with Crippen LogP contribution in [0.1, 0.15) is 0 Å². The summed E-state index contributed by atoms with van der Waals surface area (Å²) in [5.74, 6) is 0. The molecular formula is C9H10BrClN2O2. The van der Waals surface area contributed by atoms with Crippen LogP contribution >= 0.6 is 27.5 Å². The van der Waals surface area contributed by atoms with Gasteiger partial charge in [-0.25, -0.2) is 10.3 Å². The SMILES string of the molecule is CONC(=O)N(C)c1ccc(Br)c(Cl)c1. The van der Waals surface area contributed by atoms with Crippen LogP contribution in [0.5, 0.6) is 0 Å². The van der Waals surface area contributed by atoms with Crippen molar-refractivity contribution in [3.05, 3.63) is 27.7 Å². The lowest BCUT2D eigenvalue weighted by atomic mass is 10.3. The number of hydrogen-bond donors (Lipinski definition) is 1. The van der Waals surface area contributed by atoms with Crippen LogP contribution in [0.25, 0.3) is 0 Å². The van der Waals surface area contributed by atoms with Crippen molar-refractivity contribution in [2.45, 2.75) is 0 Å². The number of hydroxylamine groups is 1. The number of halogens is 2. The second-order valence-electron chi connectivity index (χ2n) is 2.77. The smallest absolute Gasteiger partial charge is 0.296 e. The number of benzene rings is 1. The molecule has 0 unspecified atom stereocenters. The van der Waals surface area contributed by atoms with Gasteiger partial charge in [-0.3, -0.25) is 9.74 Å². The Kier molecular flexibility index (Phi) is 4.38. The molecule has 0 aromatic heterocycles. The molecule has 0 aliphatic heterocycles. The van der Waals surface area contributed by atoms with E-state index in [9.17, 15) is 4.79 Å². The molecule has 2 amide bonds. The molecule has 0 heterocycles. The molecule has 0 aliphatic rings. The molecule has 1 aromatic rings. The normalized spacial score (nSPS) is 9.87. The summed E-state index contributed by atoms with van der Waals surface area (Å²) in [5, 5.41) is 0.546. The molecule has 0 bridgehead atoms. The predicted molar refractivity (Wildman–Crippen MR) is 63.1 cm³/mol. The zero-order valence-electron chi connectivity index (χ0n) is 8.25. The minimum Gasteiger partial charge on any atom is -0.296 e. The zero-order valence-corrected chi connectivity index (χ0v) is 10.6. The minimum atomic E-state index is -0.365. The van der Waals surface area contributed by atoms with E-state index in [4.69, 9.17) is 11.6 Å². The molecule has 4 nitrogen and oxygen atoms in total. The van der Waals surface area contributed by atoms with Crippen molar-refractivity contribution in [1.29, 1.82) is 0 Å². The summed E-state index contributed by atoms with van der Waals surface area (Å²) in [5.41, 5.74) is 2.89. The summed E-state index contributed by atoms with van der Waals surface area (Å²) in [6.45, 7) is 0. The molecule has 1 aromatic carbocycles. The van der Waals surface area contributed by atoms with Gasteiger partial charge >= 0.3 is 6.03 Å². The molecule has 82 valence electrons. The fraction of sp³-hybridized carbons (Fsp3) is 0.222. The maximum Gasteiger partial charge on any atom is 0.345 e. The van der Waals surface area contributed by atoms with Crippen molar-refractivity contribution in [3.8, 4) is 0 Å². The predicted octanol–water partition coefficient (Wildman–Crippen LogP) is 2.81. The fourth-order valence-corrected chi connectivity index (χ4v) is 1.39. The zero-order chi connectivity index (χ0) is 11.4. The van der Waals surface area contributed by atoms with Crippen LogP contribution in [-0.2, 0) is 4.84 Å². The number of rotatable bonds is 2. The molecule has 1 N–H and O–H groups in total. The standard InChI is InChI=1S/C9H10BrClN2O2/c1-13(9(14)12-15-2)6-3-4-7(10)8(11)5-6/h3-5H,1-2H3,(H,12,14). The lowest BCUT2D eigenvalue weighted by Gasteiger charge is -2.17. The summed E-state index contributed by atoms with van der Waals surface area (Å²) in [6, 6.07) is 4.86. The summed E-state index contributed by atoms with van der Waals surface area (Å²) in [4.78, 5) is 17.3.